The SMILES string of the molecule is N[C@H](C(=O)OCC1CCCCO1)c1ccccc1. The Morgan fingerprint density at radius 3 is 2.83 bits per heavy atom. The normalized spacial score (nSPS) is 21.3. The summed E-state index contributed by atoms with van der Waals surface area (Å²) in [7, 11) is 0. The molecular formula is C14H19NO3. The fraction of sp³-hybridized carbons (Fsp3) is 0.500. The molecule has 1 aliphatic heterocycles. The second-order valence-electron chi connectivity index (χ2n) is 4.51. The van der Waals surface area contributed by atoms with E-state index in [1.807, 2.05) is 30.3 Å². The van der Waals surface area contributed by atoms with Gasteiger partial charge in [0.2, 0.25) is 0 Å². The van der Waals surface area contributed by atoms with E-state index in [0.717, 1.165) is 31.4 Å². The zero-order valence-electron chi connectivity index (χ0n) is 10.4. The fourth-order valence-electron chi connectivity index (χ4n) is 2.00. The van der Waals surface area contributed by atoms with E-state index in [0.29, 0.717) is 6.61 Å². The Hall–Kier alpha value is -1.39. The van der Waals surface area contributed by atoms with Crippen LogP contribution in [0.4, 0.5) is 0 Å². The molecule has 1 aliphatic rings. The summed E-state index contributed by atoms with van der Waals surface area (Å²) in [5.74, 6) is -0.393. The van der Waals surface area contributed by atoms with Crippen LogP contribution in [-0.4, -0.2) is 25.3 Å². The van der Waals surface area contributed by atoms with Crippen LogP contribution < -0.4 is 5.73 Å². The van der Waals surface area contributed by atoms with Gasteiger partial charge in [0.25, 0.3) is 0 Å². The highest BCUT2D eigenvalue weighted by molar-refractivity contribution is 5.77. The smallest absolute Gasteiger partial charge is 0.327 e. The van der Waals surface area contributed by atoms with E-state index in [-0.39, 0.29) is 6.10 Å². The third kappa shape index (κ3) is 3.55. The van der Waals surface area contributed by atoms with Crippen LogP contribution >= 0.6 is 0 Å². The van der Waals surface area contributed by atoms with Crippen LogP contribution in [0, 0.1) is 0 Å². The van der Waals surface area contributed by atoms with Crippen molar-refractivity contribution >= 4 is 5.97 Å². The highest BCUT2D eigenvalue weighted by Crippen LogP contribution is 2.15. The Bertz CT molecular complexity index is 374. The van der Waals surface area contributed by atoms with E-state index in [1.165, 1.54) is 0 Å². The molecule has 1 unspecified atom stereocenters. The van der Waals surface area contributed by atoms with Crippen molar-refractivity contribution in [2.24, 2.45) is 5.73 Å². The van der Waals surface area contributed by atoms with Crippen LogP contribution in [-0.2, 0) is 14.3 Å². The van der Waals surface area contributed by atoms with E-state index in [2.05, 4.69) is 0 Å². The number of carbonyl (C=O) groups is 1. The minimum Gasteiger partial charge on any atom is -0.462 e. The molecule has 4 heteroatoms. The molecule has 1 fully saturated rings. The number of esters is 1. The molecule has 0 radical (unpaired) electrons. The molecule has 1 heterocycles. The van der Waals surface area contributed by atoms with Crippen LogP contribution in [0.2, 0.25) is 0 Å². The van der Waals surface area contributed by atoms with E-state index >= 15 is 0 Å². The van der Waals surface area contributed by atoms with Crippen molar-refractivity contribution in [2.75, 3.05) is 13.2 Å². The van der Waals surface area contributed by atoms with Gasteiger partial charge >= 0.3 is 5.97 Å². The molecule has 0 amide bonds. The highest BCUT2D eigenvalue weighted by Gasteiger charge is 2.20. The maximum atomic E-state index is 11.8. The Labute approximate surface area is 107 Å². The number of ether oxygens (including phenoxy) is 2. The lowest BCUT2D eigenvalue weighted by molar-refractivity contribution is -0.150. The number of hydrogen-bond acceptors (Lipinski definition) is 4. The van der Waals surface area contributed by atoms with Gasteiger partial charge in [-0.25, -0.2) is 4.79 Å². The van der Waals surface area contributed by atoms with Crippen molar-refractivity contribution in [1.29, 1.82) is 0 Å². The Kier molecular flexibility index (Phi) is 4.73. The van der Waals surface area contributed by atoms with Gasteiger partial charge < -0.3 is 15.2 Å². The first kappa shape index (κ1) is 13.1. The van der Waals surface area contributed by atoms with Gasteiger partial charge in [0.05, 0.1) is 6.10 Å². The van der Waals surface area contributed by atoms with Crippen LogP contribution in [0.3, 0.4) is 0 Å². The minimum absolute atomic E-state index is 0.0330. The van der Waals surface area contributed by atoms with Gasteiger partial charge in [-0.15, -0.1) is 0 Å². The van der Waals surface area contributed by atoms with Crippen molar-refractivity contribution < 1.29 is 14.3 Å². The summed E-state index contributed by atoms with van der Waals surface area (Å²) in [6.07, 6.45) is 3.21. The second-order valence-corrected chi connectivity index (χ2v) is 4.51. The summed E-state index contributed by atoms with van der Waals surface area (Å²) in [6, 6.07) is 8.53. The topological polar surface area (TPSA) is 61.6 Å². The molecule has 0 bridgehead atoms. The van der Waals surface area contributed by atoms with Crippen molar-refractivity contribution in [3.63, 3.8) is 0 Å². The summed E-state index contributed by atoms with van der Waals surface area (Å²) >= 11 is 0. The van der Waals surface area contributed by atoms with Crippen LogP contribution in [0.1, 0.15) is 30.9 Å². The quantitative estimate of drug-likeness (QED) is 0.826. The molecule has 1 aromatic carbocycles. The molecule has 4 nitrogen and oxygen atoms in total. The standard InChI is InChI=1S/C14H19NO3/c15-13(11-6-2-1-3-7-11)14(16)18-10-12-8-4-5-9-17-12/h1-3,6-7,12-13H,4-5,8-10,15H2/t12?,13-/m0/s1. The molecule has 0 saturated carbocycles. The third-order valence-electron chi connectivity index (χ3n) is 3.10. The van der Waals surface area contributed by atoms with Gasteiger partial charge in [-0.2, -0.15) is 0 Å². The molecule has 2 N–H and O–H groups in total. The Morgan fingerprint density at radius 2 is 2.17 bits per heavy atom. The molecule has 1 aromatic rings. The number of hydrogen-bond donors (Lipinski definition) is 1. The van der Waals surface area contributed by atoms with Gasteiger partial charge in [0, 0.05) is 6.61 Å². The molecule has 2 rings (SSSR count). The predicted octanol–water partition coefficient (Wildman–Crippen LogP) is 1.80. The molecule has 0 aliphatic carbocycles. The summed E-state index contributed by atoms with van der Waals surface area (Å²) in [5.41, 5.74) is 6.61. The van der Waals surface area contributed by atoms with Crippen LogP contribution in [0.25, 0.3) is 0 Å². The van der Waals surface area contributed by atoms with Gasteiger partial charge in [0.1, 0.15) is 12.6 Å². The van der Waals surface area contributed by atoms with Gasteiger partial charge in [-0.05, 0) is 24.8 Å². The first-order chi connectivity index (χ1) is 8.77. The molecule has 1 saturated heterocycles. The number of benzene rings is 1. The maximum absolute atomic E-state index is 11.8. The largest absolute Gasteiger partial charge is 0.462 e. The van der Waals surface area contributed by atoms with Crippen molar-refractivity contribution in [1.82, 2.24) is 0 Å². The summed E-state index contributed by atoms with van der Waals surface area (Å²) in [6.45, 7) is 1.06. The summed E-state index contributed by atoms with van der Waals surface area (Å²) in [4.78, 5) is 11.8. The van der Waals surface area contributed by atoms with Crippen molar-refractivity contribution in [3.8, 4) is 0 Å². The molecule has 98 valence electrons. The number of nitrogens with two attached hydrogens (primary N) is 1. The third-order valence-corrected chi connectivity index (χ3v) is 3.10. The summed E-state index contributed by atoms with van der Waals surface area (Å²) in [5, 5.41) is 0. The fourth-order valence-corrected chi connectivity index (χ4v) is 2.00. The molecular weight excluding hydrogens is 230 g/mol. The molecule has 18 heavy (non-hydrogen) atoms. The van der Waals surface area contributed by atoms with Crippen molar-refractivity contribution in [2.45, 2.75) is 31.4 Å². The van der Waals surface area contributed by atoms with Crippen LogP contribution in [0.15, 0.2) is 30.3 Å². The average molecular weight is 249 g/mol. The van der Waals surface area contributed by atoms with Gasteiger partial charge in [-0.1, -0.05) is 30.3 Å². The summed E-state index contributed by atoms with van der Waals surface area (Å²) < 4.78 is 10.7. The lowest BCUT2D eigenvalue weighted by Gasteiger charge is -2.22. The van der Waals surface area contributed by atoms with Crippen LogP contribution in [0.5, 0.6) is 0 Å². The van der Waals surface area contributed by atoms with Gasteiger partial charge in [0.15, 0.2) is 0 Å². The Balaban J connectivity index is 1.80. The predicted molar refractivity (Wildman–Crippen MR) is 67.9 cm³/mol. The molecule has 0 spiro atoms. The first-order valence-corrected chi connectivity index (χ1v) is 6.36. The zero-order valence-corrected chi connectivity index (χ0v) is 10.4. The average Bonchev–Trinajstić information content (AvgIpc) is 2.46. The van der Waals surface area contributed by atoms with Gasteiger partial charge in [-0.3, -0.25) is 0 Å². The monoisotopic (exact) mass is 249 g/mol. The lowest BCUT2D eigenvalue weighted by Crippen LogP contribution is -2.30. The molecule has 2 atom stereocenters. The number of rotatable bonds is 4. The number of carbonyl (C=O) groups excluding carboxylic acids is 1. The molecule has 0 aromatic heterocycles. The van der Waals surface area contributed by atoms with E-state index in [4.69, 9.17) is 15.2 Å². The minimum atomic E-state index is -0.713. The highest BCUT2D eigenvalue weighted by atomic mass is 16.6. The Morgan fingerprint density at radius 1 is 1.39 bits per heavy atom. The lowest BCUT2D eigenvalue weighted by atomic mass is 10.1. The van der Waals surface area contributed by atoms with E-state index < -0.39 is 12.0 Å². The van der Waals surface area contributed by atoms with Crippen molar-refractivity contribution in [3.05, 3.63) is 35.9 Å². The van der Waals surface area contributed by atoms with E-state index in [1.54, 1.807) is 0 Å². The first-order valence-electron chi connectivity index (χ1n) is 6.36. The zero-order chi connectivity index (χ0) is 12.8. The second kappa shape index (κ2) is 6.52. The van der Waals surface area contributed by atoms with E-state index in [9.17, 15) is 4.79 Å². The maximum Gasteiger partial charge on any atom is 0.327 e.